The van der Waals surface area contributed by atoms with Crippen LogP contribution in [0.15, 0.2) is 0 Å². The molecule has 5 heteroatoms. The molecule has 1 heterocycles. The molecular weight excluding hydrogens is 224 g/mol. The zero-order chi connectivity index (χ0) is 12.7. The van der Waals surface area contributed by atoms with Crippen molar-refractivity contribution in [3.05, 3.63) is 0 Å². The van der Waals surface area contributed by atoms with Crippen molar-refractivity contribution in [2.45, 2.75) is 51.2 Å². The van der Waals surface area contributed by atoms with E-state index in [-0.39, 0.29) is 11.9 Å². The number of hydrogen-bond acceptors (Lipinski definition) is 5. The Balaban J connectivity index is 1.83. The molecule has 17 heavy (non-hydrogen) atoms. The Bertz CT molecular complexity index is 349. The van der Waals surface area contributed by atoms with Crippen LogP contribution in [0.25, 0.3) is 0 Å². The van der Waals surface area contributed by atoms with E-state index < -0.39 is 17.4 Å². The molecule has 1 saturated heterocycles. The summed E-state index contributed by atoms with van der Waals surface area (Å²) in [5, 5.41) is 0. The van der Waals surface area contributed by atoms with Crippen LogP contribution in [0.2, 0.25) is 0 Å². The maximum absolute atomic E-state index is 11.2. The minimum absolute atomic E-state index is 0.196. The molecule has 0 aromatic carbocycles. The normalized spacial score (nSPS) is 33.1. The van der Waals surface area contributed by atoms with Crippen LogP contribution in [0.4, 0.5) is 4.79 Å². The number of esters is 1. The van der Waals surface area contributed by atoms with Crippen LogP contribution in [0.5, 0.6) is 0 Å². The van der Waals surface area contributed by atoms with E-state index in [1.54, 1.807) is 6.92 Å². The smallest absolute Gasteiger partial charge is 0.466 e. The largest absolute Gasteiger partial charge is 0.509 e. The molecule has 0 aromatic heterocycles. The molecule has 1 saturated carbocycles. The van der Waals surface area contributed by atoms with Crippen LogP contribution >= 0.6 is 0 Å². The summed E-state index contributed by atoms with van der Waals surface area (Å²) in [4.78, 5) is 22.1. The first-order valence-electron chi connectivity index (χ1n) is 5.99. The first-order chi connectivity index (χ1) is 7.91. The van der Waals surface area contributed by atoms with Crippen molar-refractivity contribution < 1.29 is 23.8 Å². The van der Waals surface area contributed by atoms with Gasteiger partial charge in [0.15, 0.2) is 11.2 Å². The van der Waals surface area contributed by atoms with Gasteiger partial charge in [-0.05, 0) is 26.7 Å². The fourth-order valence-electron chi connectivity index (χ4n) is 2.51. The lowest BCUT2D eigenvalue weighted by atomic mass is 9.96. The minimum Gasteiger partial charge on any atom is -0.466 e. The Morgan fingerprint density at radius 2 is 2.18 bits per heavy atom. The quantitative estimate of drug-likeness (QED) is 0.706. The van der Waals surface area contributed by atoms with Crippen molar-refractivity contribution in [1.29, 1.82) is 0 Å². The molecule has 5 nitrogen and oxygen atoms in total. The maximum atomic E-state index is 11.2. The van der Waals surface area contributed by atoms with Gasteiger partial charge in [0.1, 0.15) is 0 Å². The van der Waals surface area contributed by atoms with E-state index in [2.05, 4.69) is 0 Å². The minimum atomic E-state index is -0.594. The molecule has 0 N–H and O–H groups in total. The highest BCUT2D eigenvalue weighted by Gasteiger charge is 2.72. The van der Waals surface area contributed by atoms with E-state index in [1.807, 2.05) is 13.8 Å². The van der Waals surface area contributed by atoms with Crippen LogP contribution in [-0.2, 0) is 19.0 Å². The molecule has 2 fully saturated rings. The van der Waals surface area contributed by atoms with E-state index in [0.717, 1.165) is 6.42 Å². The van der Waals surface area contributed by atoms with Gasteiger partial charge in [0.25, 0.3) is 0 Å². The molecule has 2 rings (SSSR count). The number of cyclic esters (lactones) is 1. The second-order valence-corrected chi connectivity index (χ2v) is 5.12. The van der Waals surface area contributed by atoms with Crippen molar-refractivity contribution in [3.8, 4) is 0 Å². The van der Waals surface area contributed by atoms with Gasteiger partial charge in [0.2, 0.25) is 0 Å². The van der Waals surface area contributed by atoms with E-state index in [9.17, 15) is 9.59 Å². The molecule has 0 bridgehead atoms. The Hall–Kier alpha value is -1.26. The molecule has 1 aliphatic carbocycles. The third-order valence-corrected chi connectivity index (χ3v) is 3.69. The molecule has 96 valence electrons. The average Bonchev–Trinajstić information content (AvgIpc) is 2.86. The van der Waals surface area contributed by atoms with Crippen LogP contribution in [0, 0.1) is 5.92 Å². The summed E-state index contributed by atoms with van der Waals surface area (Å²) >= 11 is 0. The Morgan fingerprint density at radius 3 is 2.71 bits per heavy atom. The predicted octanol–water partition coefficient (Wildman–Crippen LogP) is 2.03. The molecule has 0 amide bonds. The highest BCUT2D eigenvalue weighted by Crippen LogP contribution is 2.60. The SMILES string of the molecule is CCC(=O)OCCC1CC12OC(=O)OC2(C)C. The maximum Gasteiger partial charge on any atom is 0.509 e. The first kappa shape index (κ1) is 12.2. The van der Waals surface area contributed by atoms with E-state index in [0.29, 0.717) is 19.4 Å². The molecule has 2 aliphatic rings. The molecule has 2 atom stereocenters. The highest BCUT2D eigenvalue weighted by atomic mass is 16.8. The van der Waals surface area contributed by atoms with Crippen LogP contribution in [0.3, 0.4) is 0 Å². The zero-order valence-electron chi connectivity index (χ0n) is 10.4. The van der Waals surface area contributed by atoms with Crippen LogP contribution < -0.4 is 0 Å². The standard InChI is InChI=1S/C12H18O5/c1-4-9(13)15-6-5-8-7-12(8)11(2,3)16-10(14)17-12/h8H,4-7H2,1-3H3. The Morgan fingerprint density at radius 1 is 1.47 bits per heavy atom. The molecule has 1 aliphatic heterocycles. The summed E-state index contributed by atoms with van der Waals surface area (Å²) < 4.78 is 15.4. The van der Waals surface area contributed by atoms with Crippen molar-refractivity contribution in [3.63, 3.8) is 0 Å². The molecule has 0 aromatic rings. The highest BCUT2D eigenvalue weighted by molar-refractivity contribution is 5.68. The lowest BCUT2D eigenvalue weighted by molar-refractivity contribution is -0.143. The monoisotopic (exact) mass is 242 g/mol. The van der Waals surface area contributed by atoms with E-state index in [4.69, 9.17) is 14.2 Å². The predicted molar refractivity (Wildman–Crippen MR) is 58.4 cm³/mol. The van der Waals surface area contributed by atoms with Crippen molar-refractivity contribution in [2.75, 3.05) is 6.61 Å². The second-order valence-electron chi connectivity index (χ2n) is 5.12. The number of ether oxygens (including phenoxy) is 3. The summed E-state index contributed by atoms with van der Waals surface area (Å²) in [6.45, 7) is 5.86. The zero-order valence-corrected chi connectivity index (χ0v) is 10.4. The Labute approximate surface area is 100 Å². The third-order valence-electron chi connectivity index (χ3n) is 3.69. The summed E-state index contributed by atoms with van der Waals surface area (Å²) in [6, 6.07) is 0. The number of hydrogen-bond donors (Lipinski definition) is 0. The fraction of sp³-hybridized carbons (Fsp3) is 0.833. The molecule has 2 unspecified atom stereocenters. The number of carbonyl (C=O) groups excluding carboxylic acids is 2. The first-order valence-corrected chi connectivity index (χ1v) is 5.99. The molecular formula is C12H18O5. The van der Waals surface area contributed by atoms with Crippen molar-refractivity contribution in [1.82, 2.24) is 0 Å². The molecule has 0 radical (unpaired) electrons. The van der Waals surface area contributed by atoms with Gasteiger partial charge in [0, 0.05) is 12.3 Å². The van der Waals surface area contributed by atoms with Gasteiger partial charge in [-0.1, -0.05) is 6.92 Å². The van der Waals surface area contributed by atoms with Gasteiger partial charge < -0.3 is 14.2 Å². The summed E-state index contributed by atoms with van der Waals surface area (Å²) in [6.07, 6.45) is 1.30. The van der Waals surface area contributed by atoms with Gasteiger partial charge in [-0.3, -0.25) is 4.79 Å². The lowest BCUT2D eigenvalue weighted by Gasteiger charge is -2.22. The average molecular weight is 242 g/mol. The summed E-state index contributed by atoms with van der Waals surface area (Å²) in [5.41, 5.74) is -1.08. The van der Waals surface area contributed by atoms with E-state index in [1.165, 1.54) is 0 Å². The van der Waals surface area contributed by atoms with Crippen molar-refractivity contribution in [2.24, 2.45) is 5.92 Å². The Kier molecular flexibility index (Phi) is 2.79. The van der Waals surface area contributed by atoms with Gasteiger partial charge in [-0.15, -0.1) is 0 Å². The number of rotatable bonds is 4. The summed E-state index contributed by atoms with van der Waals surface area (Å²) in [7, 11) is 0. The van der Waals surface area contributed by atoms with Gasteiger partial charge in [-0.25, -0.2) is 4.79 Å². The van der Waals surface area contributed by atoms with Gasteiger partial charge in [-0.2, -0.15) is 0 Å². The molecule has 1 spiro atoms. The van der Waals surface area contributed by atoms with Gasteiger partial charge in [0.05, 0.1) is 6.61 Å². The van der Waals surface area contributed by atoms with Gasteiger partial charge >= 0.3 is 12.1 Å². The fourth-order valence-corrected chi connectivity index (χ4v) is 2.51. The lowest BCUT2D eigenvalue weighted by Crippen LogP contribution is -2.37. The van der Waals surface area contributed by atoms with E-state index >= 15 is 0 Å². The van der Waals surface area contributed by atoms with Crippen LogP contribution in [0.1, 0.15) is 40.0 Å². The summed E-state index contributed by atoms with van der Waals surface area (Å²) in [5.74, 6) is 0.0345. The third kappa shape index (κ3) is 1.98. The second kappa shape index (κ2) is 3.89. The number of carbonyl (C=O) groups is 2. The van der Waals surface area contributed by atoms with Crippen LogP contribution in [-0.4, -0.2) is 29.9 Å². The van der Waals surface area contributed by atoms with Crippen molar-refractivity contribution >= 4 is 12.1 Å². The topological polar surface area (TPSA) is 61.8 Å².